The van der Waals surface area contributed by atoms with Crippen molar-refractivity contribution in [3.63, 3.8) is 0 Å². The normalized spacial score (nSPS) is 20.2. The van der Waals surface area contributed by atoms with Crippen LogP contribution in [-0.2, 0) is 19.1 Å². The predicted octanol–water partition coefficient (Wildman–Crippen LogP) is -0.314. The number of cyclic esters (lactones) is 1. The zero-order valence-corrected chi connectivity index (χ0v) is 12.2. The van der Waals surface area contributed by atoms with Gasteiger partial charge in [0.25, 0.3) is 0 Å². The molecule has 0 bridgehead atoms. The minimum atomic E-state index is -2.12. The summed E-state index contributed by atoms with van der Waals surface area (Å²) in [4.78, 5) is 45.7. The lowest BCUT2D eigenvalue weighted by Gasteiger charge is -2.34. The Labute approximate surface area is 138 Å². The quantitative estimate of drug-likeness (QED) is 0.298. The van der Waals surface area contributed by atoms with E-state index in [9.17, 15) is 44.7 Å². The highest BCUT2D eigenvalue weighted by atomic mass is 16.6. The summed E-state index contributed by atoms with van der Waals surface area (Å²) < 4.78 is 4.65. The molecule has 0 fully saturated rings. The Balaban J connectivity index is 2.78. The number of benzene rings is 1. The van der Waals surface area contributed by atoms with Gasteiger partial charge in [0.2, 0.25) is 11.9 Å². The highest BCUT2D eigenvalue weighted by Gasteiger charge is 2.49. The number of rotatable bonds is 5. The van der Waals surface area contributed by atoms with E-state index < -0.39 is 76.6 Å². The molecule has 6 N–H and O–H groups in total. The first-order chi connectivity index (χ1) is 11.6. The standard InChI is InChI=1S/C14H12O11/c15-5-1-4-7(10(19)9(5)18)8(3(12(20)21)2-6(16)17)11(13(22)23)25-14(4)24/h1,3,8,11,15,18-19H,2H2,(H,16,17)(H,20,21)(H,22,23)/t3-,8?,11+/m1/s1. The van der Waals surface area contributed by atoms with E-state index in [0.29, 0.717) is 6.07 Å². The van der Waals surface area contributed by atoms with Crippen LogP contribution in [-0.4, -0.2) is 60.6 Å². The van der Waals surface area contributed by atoms with Crippen LogP contribution in [0.3, 0.4) is 0 Å². The van der Waals surface area contributed by atoms with Gasteiger partial charge in [0.15, 0.2) is 11.5 Å². The summed E-state index contributed by atoms with van der Waals surface area (Å²) >= 11 is 0. The number of aliphatic carboxylic acids is 3. The summed E-state index contributed by atoms with van der Waals surface area (Å²) in [6, 6.07) is 0.664. The van der Waals surface area contributed by atoms with Gasteiger partial charge in [-0.2, -0.15) is 0 Å². The van der Waals surface area contributed by atoms with Crippen LogP contribution in [0.25, 0.3) is 0 Å². The number of carbonyl (C=O) groups is 4. The number of fused-ring (bicyclic) bond motifs is 1. The molecule has 0 saturated heterocycles. The van der Waals surface area contributed by atoms with Crippen molar-refractivity contribution in [2.24, 2.45) is 5.92 Å². The van der Waals surface area contributed by atoms with Crippen LogP contribution in [0.2, 0.25) is 0 Å². The number of phenols is 3. The first kappa shape index (κ1) is 17.8. The minimum Gasteiger partial charge on any atom is -0.504 e. The fraction of sp³-hybridized carbons (Fsp3) is 0.286. The molecule has 0 saturated carbocycles. The number of carboxylic acid groups (broad SMARTS) is 3. The maximum atomic E-state index is 11.9. The number of phenolic OH excluding ortho intramolecular Hbond substituents is 3. The van der Waals surface area contributed by atoms with Crippen molar-refractivity contribution in [3.8, 4) is 17.2 Å². The van der Waals surface area contributed by atoms with Gasteiger partial charge < -0.3 is 35.4 Å². The van der Waals surface area contributed by atoms with E-state index in [2.05, 4.69) is 4.74 Å². The molecule has 134 valence electrons. The molecule has 0 aliphatic carbocycles. The molecule has 1 aromatic rings. The molecular weight excluding hydrogens is 344 g/mol. The number of carbonyl (C=O) groups excluding carboxylic acids is 1. The number of hydrogen-bond acceptors (Lipinski definition) is 8. The van der Waals surface area contributed by atoms with Crippen molar-refractivity contribution in [3.05, 3.63) is 17.2 Å². The second kappa shape index (κ2) is 6.19. The monoisotopic (exact) mass is 356 g/mol. The van der Waals surface area contributed by atoms with E-state index >= 15 is 0 Å². The van der Waals surface area contributed by atoms with Crippen molar-refractivity contribution in [1.29, 1.82) is 0 Å². The Morgan fingerprint density at radius 3 is 2.16 bits per heavy atom. The first-order valence-electron chi connectivity index (χ1n) is 6.72. The minimum absolute atomic E-state index is 0.577. The third-order valence-electron chi connectivity index (χ3n) is 3.80. The summed E-state index contributed by atoms with van der Waals surface area (Å²) in [6.45, 7) is 0. The maximum absolute atomic E-state index is 11.9. The molecule has 1 aliphatic rings. The predicted molar refractivity (Wildman–Crippen MR) is 74.4 cm³/mol. The number of ether oxygens (including phenoxy) is 1. The van der Waals surface area contributed by atoms with Gasteiger partial charge >= 0.3 is 23.9 Å². The molecule has 0 spiro atoms. The van der Waals surface area contributed by atoms with E-state index in [1.807, 2.05) is 0 Å². The van der Waals surface area contributed by atoms with Gasteiger partial charge in [-0.25, -0.2) is 9.59 Å². The van der Waals surface area contributed by atoms with Crippen molar-refractivity contribution < 1.29 is 54.6 Å². The molecule has 1 heterocycles. The molecule has 1 aromatic carbocycles. The van der Waals surface area contributed by atoms with Crippen molar-refractivity contribution in [2.45, 2.75) is 18.4 Å². The van der Waals surface area contributed by atoms with Crippen LogP contribution < -0.4 is 0 Å². The fourth-order valence-corrected chi connectivity index (χ4v) is 2.74. The smallest absolute Gasteiger partial charge is 0.345 e. The van der Waals surface area contributed by atoms with Crippen LogP contribution >= 0.6 is 0 Å². The molecule has 11 heteroatoms. The van der Waals surface area contributed by atoms with Gasteiger partial charge in [-0.05, 0) is 6.07 Å². The van der Waals surface area contributed by atoms with Crippen LogP contribution in [0, 0.1) is 5.92 Å². The summed E-state index contributed by atoms with van der Waals surface area (Å²) in [6.07, 6.45) is -3.16. The second-order valence-electron chi connectivity index (χ2n) is 5.29. The van der Waals surface area contributed by atoms with Gasteiger partial charge in [-0.15, -0.1) is 0 Å². The number of hydrogen-bond donors (Lipinski definition) is 6. The summed E-state index contributed by atoms with van der Waals surface area (Å²) in [7, 11) is 0. The summed E-state index contributed by atoms with van der Waals surface area (Å²) in [5.41, 5.74) is -1.19. The highest BCUT2D eigenvalue weighted by Crippen LogP contribution is 2.49. The number of aromatic hydroxyl groups is 3. The van der Waals surface area contributed by atoms with Gasteiger partial charge in [-0.3, -0.25) is 9.59 Å². The molecule has 0 aromatic heterocycles. The summed E-state index contributed by atoms with van der Waals surface area (Å²) in [5, 5.41) is 56.5. The highest BCUT2D eigenvalue weighted by molar-refractivity contribution is 5.98. The van der Waals surface area contributed by atoms with E-state index in [1.54, 1.807) is 0 Å². The lowest BCUT2D eigenvalue weighted by Crippen LogP contribution is -2.44. The zero-order chi connectivity index (χ0) is 19.0. The van der Waals surface area contributed by atoms with Crippen molar-refractivity contribution in [2.75, 3.05) is 0 Å². The fourth-order valence-electron chi connectivity index (χ4n) is 2.74. The van der Waals surface area contributed by atoms with Crippen molar-refractivity contribution >= 4 is 23.9 Å². The van der Waals surface area contributed by atoms with Crippen LogP contribution in [0.5, 0.6) is 17.2 Å². The van der Waals surface area contributed by atoms with Gasteiger partial charge in [0, 0.05) is 5.56 Å². The molecule has 25 heavy (non-hydrogen) atoms. The van der Waals surface area contributed by atoms with E-state index in [-0.39, 0.29) is 0 Å². The molecule has 1 unspecified atom stereocenters. The molecular formula is C14H12O11. The molecule has 1 aliphatic heterocycles. The van der Waals surface area contributed by atoms with E-state index in [1.165, 1.54) is 0 Å². The van der Waals surface area contributed by atoms with Crippen LogP contribution in [0.15, 0.2) is 6.07 Å². The van der Waals surface area contributed by atoms with Gasteiger partial charge in [-0.1, -0.05) is 0 Å². The Morgan fingerprint density at radius 2 is 1.68 bits per heavy atom. The van der Waals surface area contributed by atoms with Crippen LogP contribution in [0.1, 0.15) is 28.3 Å². The Kier molecular flexibility index (Phi) is 4.42. The zero-order valence-electron chi connectivity index (χ0n) is 12.2. The van der Waals surface area contributed by atoms with Crippen molar-refractivity contribution in [1.82, 2.24) is 0 Å². The third kappa shape index (κ3) is 2.98. The Hall–Kier alpha value is -3.50. The molecule has 3 atom stereocenters. The number of esters is 1. The van der Waals surface area contributed by atoms with E-state index in [4.69, 9.17) is 5.11 Å². The van der Waals surface area contributed by atoms with Gasteiger partial charge in [0.05, 0.1) is 23.8 Å². The third-order valence-corrected chi connectivity index (χ3v) is 3.80. The lowest BCUT2D eigenvalue weighted by atomic mass is 9.76. The Bertz CT molecular complexity index is 781. The first-order valence-corrected chi connectivity index (χ1v) is 6.72. The molecule has 11 nitrogen and oxygen atoms in total. The average molecular weight is 356 g/mol. The second-order valence-corrected chi connectivity index (χ2v) is 5.29. The maximum Gasteiger partial charge on any atom is 0.345 e. The SMILES string of the molecule is O=C(O)C[C@@H](C(=O)O)C1c2c(cc(O)c(O)c2O)C(=O)O[C@@H]1C(=O)O. The largest absolute Gasteiger partial charge is 0.504 e. The Morgan fingerprint density at radius 1 is 1.08 bits per heavy atom. The molecule has 0 radical (unpaired) electrons. The van der Waals surface area contributed by atoms with Crippen LogP contribution in [0.4, 0.5) is 0 Å². The molecule has 2 rings (SSSR count). The lowest BCUT2D eigenvalue weighted by molar-refractivity contribution is -0.156. The topological polar surface area (TPSA) is 199 Å². The van der Waals surface area contributed by atoms with E-state index in [0.717, 1.165) is 0 Å². The average Bonchev–Trinajstić information content (AvgIpc) is 2.50. The summed E-state index contributed by atoms with van der Waals surface area (Å²) in [5.74, 6) is -13.2. The van der Waals surface area contributed by atoms with Gasteiger partial charge in [0.1, 0.15) is 0 Å². The molecule has 0 amide bonds. The number of carboxylic acids is 3.